The molecule has 0 unspecified atom stereocenters. The SMILES string of the molecule is CN=C(NCc1ccc(F)c(CO)c1)N1CCN(Cc2ccon2)CC1.I. The van der Waals surface area contributed by atoms with E-state index in [-0.39, 0.29) is 36.4 Å². The second-order valence-electron chi connectivity index (χ2n) is 6.24. The first kappa shape index (κ1) is 21.6. The van der Waals surface area contributed by atoms with E-state index >= 15 is 0 Å². The summed E-state index contributed by atoms with van der Waals surface area (Å²) in [7, 11) is 1.76. The van der Waals surface area contributed by atoms with Gasteiger partial charge in [0.15, 0.2) is 5.96 Å². The van der Waals surface area contributed by atoms with Gasteiger partial charge in [-0.1, -0.05) is 11.2 Å². The standard InChI is InChI=1S/C18H24FN5O2.HI/c1-20-18(21-11-14-2-3-17(19)15(10-14)13-25)24-7-5-23(6-8-24)12-16-4-9-26-22-16;/h2-4,9-10,25H,5-8,11-13H2,1H3,(H,20,21);1H. The van der Waals surface area contributed by atoms with Crippen LogP contribution in [0.15, 0.2) is 40.0 Å². The van der Waals surface area contributed by atoms with Gasteiger partial charge in [0, 0.05) is 57.9 Å². The summed E-state index contributed by atoms with van der Waals surface area (Å²) in [6.07, 6.45) is 1.59. The number of hydrogen-bond acceptors (Lipinski definition) is 5. The molecule has 1 aliphatic heterocycles. The van der Waals surface area contributed by atoms with Crippen molar-refractivity contribution in [3.05, 3.63) is 53.2 Å². The number of nitrogens with one attached hydrogen (secondary N) is 1. The lowest BCUT2D eigenvalue weighted by Gasteiger charge is -2.36. The zero-order valence-corrected chi connectivity index (χ0v) is 17.6. The van der Waals surface area contributed by atoms with Crippen molar-refractivity contribution in [2.45, 2.75) is 19.7 Å². The van der Waals surface area contributed by atoms with E-state index in [4.69, 9.17) is 4.52 Å². The number of benzene rings is 1. The third-order valence-corrected chi connectivity index (χ3v) is 4.49. The Morgan fingerprint density at radius 3 is 2.70 bits per heavy atom. The second kappa shape index (κ2) is 10.6. The van der Waals surface area contributed by atoms with Crippen LogP contribution in [-0.2, 0) is 19.7 Å². The molecule has 2 aromatic rings. The lowest BCUT2D eigenvalue weighted by Crippen LogP contribution is -2.52. The quantitative estimate of drug-likeness (QED) is 0.379. The van der Waals surface area contributed by atoms with Crippen molar-refractivity contribution in [3.8, 4) is 0 Å². The zero-order valence-electron chi connectivity index (χ0n) is 15.3. The summed E-state index contributed by atoms with van der Waals surface area (Å²) >= 11 is 0. The highest BCUT2D eigenvalue weighted by atomic mass is 127. The normalized spacial score (nSPS) is 15.5. The minimum atomic E-state index is -0.385. The first-order valence-corrected chi connectivity index (χ1v) is 8.65. The maximum absolute atomic E-state index is 13.5. The molecule has 1 aromatic carbocycles. The first-order valence-electron chi connectivity index (χ1n) is 8.65. The van der Waals surface area contributed by atoms with Gasteiger partial charge in [0.2, 0.25) is 0 Å². The molecule has 0 bridgehead atoms. The maximum Gasteiger partial charge on any atom is 0.194 e. The Morgan fingerprint density at radius 2 is 2.07 bits per heavy atom. The van der Waals surface area contributed by atoms with Crippen LogP contribution in [-0.4, -0.2) is 59.2 Å². The molecule has 7 nitrogen and oxygen atoms in total. The zero-order chi connectivity index (χ0) is 18.4. The summed E-state index contributed by atoms with van der Waals surface area (Å²) < 4.78 is 18.3. The van der Waals surface area contributed by atoms with Gasteiger partial charge in [-0.15, -0.1) is 24.0 Å². The van der Waals surface area contributed by atoms with Gasteiger partial charge in [0.05, 0.1) is 12.3 Å². The van der Waals surface area contributed by atoms with Gasteiger partial charge in [-0.2, -0.15) is 0 Å². The topological polar surface area (TPSA) is 77.1 Å². The molecule has 0 atom stereocenters. The predicted octanol–water partition coefficient (Wildman–Crippen LogP) is 1.82. The molecule has 1 saturated heterocycles. The molecule has 0 radical (unpaired) electrons. The summed E-state index contributed by atoms with van der Waals surface area (Å²) in [5, 5.41) is 16.4. The Bertz CT molecular complexity index is 733. The van der Waals surface area contributed by atoms with Gasteiger partial charge < -0.3 is 19.8 Å². The molecular formula is C18H25FIN5O2. The lowest BCUT2D eigenvalue weighted by molar-refractivity contribution is 0.169. The van der Waals surface area contributed by atoms with Crippen LogP contribution < -0.4 is 5.32 Å². The van der Waals surface area contributed by atoms with Gasteiger partial charge in [0.25, 0.3) is 0 Å². The van der Waals surface area contributed by atoms with E-state index in [1.165, 1.54) is 6.07 Å². The Hall–Kier alpha value is -1.72. The molecule has 0 spiro atoms. The minimum absolute atomic E-state index is 0. The number of aliphatic hydroxyl groups excluding tert-OH is 1. The Kier molecular flexibility index (Phi) is 8.45. The number of nitrogens with zero attached hydrogens (tertiary/aromatic N) is 4. The molecule has 1 aliphatic rings. The van der Waals surface area contributed by atoms with Crippen LogP contribution in [0.1, 0.15) is 16.8 Å². The number of guanidine groups is 1. The molecular weight excluding hydrogens is 464 g/mol. The fourth-order valence-corrected chi connectivity index (χ4v) is 3.04. The van der Waals surface area contributed by atoms with E-state index in [0.29, 0.717) is 12.1 Å². The van der Waals surface area contributed by atoms with Crippen molar-refractivity contribution >= 4 is 29.9 Å². The third kappa shape index (κ3) is 5.88. The van der Waals surface area contributed by atoms with E-state index < -0.39 is 0 Å². The summed E-state index contributed by atoms with van der Waals surface area (Å²) in [6, 6.07) is 6.65. The number of rotatable bonds is 5. The first-order chi connectivity index (χ1) is 12.7. The number of hydrogen-bond donors (Lipinski definition) is 2. The smallest absolute Gasteiger partial charge is 0.194 e. The Balaban J connectivity index is 0.00000261. The van der Waals surface area contributed by atoms with Crippen molar-refractivity contribution in [1.82, 2.24) is 20.3 Å². The average molecular weight is 489 g/mol. The van der Waals surface area contributed by atoms with Gasteiger partial charge >= 0.3 is 0 Å². The van der Waals surface area contributed by atoms with E-state index in [2.05, 4.69) is 25.3 Å². The number of halogens is 2. The molecule has 1 fully saturated rings. The van der Waals surface area contributed by atoms with Crippen LogP contribution in [0.4, 0.5) is 4.39 Å². The molecule has 0 amide bonds. The lowest BCUT2D eigenvalue weighted by atomic mass is 10.1. The minimum Gasteiger partial charge on any atom is -0.392 e. The monoisotopic (exact) mass is 489 g/mol. The van der Waals surface area contributed by atoms with Crippen molar-refractivity contribution < 1.29 is 14.0 Å². The van der Waals surface area contributed by atoms with Gasteiger partial charge in [0.1, 0.15) is 12.1 Å². The van der Waals surface area contributed by atoms with Crippen LogP contribution in [0.25, 0.3) is 0 Å². The number of aliphatic hydroxyl groups is 1. The molecule has 27 heavy (non-hydrogen) atoms. The molecule has 148 valence electrons. The molecule has 0 saturated carbocycles. The van der Waals surface area contributed by atoms with Crippen LogP contribution in [0.2, 0.25) is 0 Å². The van der Waals surface area contributed by atoms with Crippen molar-refractivity contribution in [3.63, 3.8) is 0 Å². The van der Waals surface area contributed by atoms with Crippen LogP contribution in [0.3, 0.4) is 0 Å². The maximum atomic E-state index is 13.5. The summed E-state index contributed by atoms with van der Waals surface area (Å²) in [4.78, 5) is 8.88. The third-order valence-electron chi connectivity index (χ3n) is 4.49. The molecule has 2 N–H and O–H groups in total. The summed E-state index contributed by atoms with van der Waals surface area (Å²) in [5.74, 6) is 0.435. The van der Waals surface area contributed by atoms with Gasteiger partial charge in [-0.05, 0) is 17.7 Å². The van der Waals surface area contributed by atoms with Crippen molar-refractivity contribution in [1.29, 1.82) is 0 Å². The summed E-state index contributed by atoms with van der Waals surface area (Å²) in [6.45, 7) is 4.57. The number of aliphatic imine (C=N–C) groups is 1. The average Bonchev–Trinajstić information content (AvgIpc) is 3.17. The molecule has 9 heteroatoms. The van der Waals surface area contributed by atoms with E-state index in [1.807, 2.05) is 6.07 Å². The fourth-order valence-electron chi connectivity index (χ4n) is 3.04. The van der Waals surface area contributed by atoms with Crippen molar-refractivity contribution in [2.24, 2.45) is 4.99 Å². The highest BCUT2D eigenvalue weighted by molar-refractivity contribution is 14.0. The molecule has 3 rings (SSSR count). The van der Waals surface area contributed by atoms with Gasteiger partial charge in [-0.25, -0.2) is 4.39 Å². The van der Waals surface area contributed by atoms with E-state index in [0.717, 1.165) is 49.9 Å². The Labute approximate surface area is 175 Å². The predicted molar refractivity (Wildman–Crippen MR) is 111 cm³/mol. The van der Waals surface area contributed by atoms with Crippen molar-refractivity contribution in [2.75, 3.05) is 33.2 Å². The number of piperazine rings is 1. The fraction of sp³-hybridized carbons (Fsp3) is 0.444. The second-order valence-corrected chi connectivity index (χ2v) is 6.24. The van der Waals surface area contributed by atoms with E-state index in [1.54, 1.807) is 25.4 Å². The molecule has 0 aliphatic carbocycles. The molecule has 1 aromatic heterocycles. The van der Waals surface area contributed by atoms with E-state index in [9.17, 15) is 9.50 Å². The van der Waals surface area contributed by atoms with Gasteiger partial charge in [-0.3, -0.25) is 9.89 Å². The van der Waals surface area contributed by atoms with Crippen LogP contribution in [0.5, 0.6) is 0 Å². The highest BCUT2D eigenvalue weighted by Gasteiger charge is 2.20. The van der Waals surface area contributed by atoms with Crippen LogP contribution in [0, 0.1) is 5.82 Å². The molecule has 2 heterocycles. The Morgan fingerprint density at radius 1 is 1.30 bits per heavy atom. The van der Waals surface area contributed by atoms with Crippen LogP contribution >= 0.6 is 24.0 Å². The summed E-state index contributed by atoms with van der Waals surface area (Å²) in [5.41, 5.74) is 2.15. The highest BCUT2D eigenvalue weighted by Crippen LogP contribution is 2.11. The largest absolute Gasteiger partial charge is 0.392 e. The number of aromatic nitrogens is 1.